The van der Waals surface area contributed by atoms with Crippen molar-refractivity contribution < 1.29 is 9.53 Å². The van der Waals surface area contributed by atoms with Crippen molar-refractivity contribution in [2.24, 2.45) is 16.8 Å². The van der Waals surface area contributed by atoms with Crippen LogP contribution in [-0.2, 0) is 16.1 Å². The highest BCUT2D eigenvalue weighted by Gasteiger charge is 2.27. The molecule has 3 heterocycles. The predicted octanol–water partition coefficient (Wildman–Crippen LogP) is 2.67. The van der Waals surface area contributed by atoms with Crippen LogP contribution in [0.5, 0.6) is 0 Å². The second kappa shape index (κ2) is 10.5. The lowest BCUT2D eigenvalue weighted by atomic mass is 9.97. The topological polar surface area (TPSA) is 70.1 Å². The molecule has 0 aliphatic carbocycles. The summed E-state index contributed by atoms with van der Waals surface area (Å²) in [5.74, 6) is 2.71. The average Bonchev–Trinajstić information content (AvgIpc) is 2.77. The van der Waals surface area contributed by atoms with Crippen LogP contribution < -0.4 is 10.2 Å². The van der Waals surface area contributed by atoms with Crippen molar-refractivity contribution in [3.8, 4) is 0 Å². The number of likely N-dealkylation sites (tertiary alicyclic amines) is 1. The van der Waals surface area contributed by atoms with Crippen molar-refractivity contribution in [1.29, 1.82) is 0 Å². The Kier molecular flexibility index (Phi) is 7.72. The van der Waals surface area contributed by atoms with E-state index >= 15 is 0 Å². The summed E-state index contributed by atoms with van der Waals surface area (Å²) >= 11 is 0. The summed E-state index contributed by atoms with van der Waals surface area (Å²) in [6.07, 6.45) is 6.05. The molecule has 7 nitrogen and oxygen atoms in total. The minimum atomic E-state index is -0.0964. The third kappa shape index (κ3) is 5.84. The molecule has 2 aliphatic rings. The minimum Gasteiger partial charge on any atom is -0.469 e. The van der Waals surface area contributed by atoms with Gasteiger partial charge in [0.05, 0.1) is 19.6 Å². The van der Waals surface area contributed by atoms with E-state index in [0.29, 0.717) is 6.54 Å². The largest absolute Gasteiger partial charge is 0.469 e. The number of aliphatic imine (C=N–C) groups is 1. The number of methoxy groups -OCH3 is 1. The lowest BCUT2D eigenvalue weighted by Crippen LogP contribution is -2.46. The van der Waals surface area contributed by atoms with E-state index in [2.05, 4.69) is 46.1 Å². The zero-order chi connectivity index (χ0) is 20.6. The van der Waals surface area contributed by atoms with Gasteiger partial charge in [-0.15, -0.1) is 0 Å². The number of hydrogen-bond acceptors (Lipinski definition) is 5. The molecule has 2 aliphatic heterocycles. The summed E-state index contributed by atoms with van der Waals surface area (Å²) < 4.78 is 4.88. The number of nitrogens with one attached hydrogen (secondary N) is 1. The third-order valence-electron chi connectivity index (χ3n) is 5.99. The number of carbonyl (C=O) groups excluding carboxylic acids is 1. The summed E-state index contributed by atoms with van der Waals surface area (Å²) in [6.45, 7) is 9.64. The summed E-state index contributed by atoms with van der Waals surface area (Å²) in [7, 11) is 1.46. The van der Waals surface area contributed by atoms with Gasteiger partial charge >= 0.3 is 5.97 Å². The number of piperidine rings is 2. The van der Waals surface area contributed by atoms with E-state index in [1.807, 2.05) is 6.20 Å². The lowest BCUT2D eigenvalue weighted by molar-refractivity contribution is -0.146. The summed E-state index contributed by atoms with van der Waals surface area (Å²) in [5, 5.41) is 3.38. The number of ether oxygens (including phenoxy) is 1. The summed E-state index contributed by atoms with van der Waals surface area (Å²) in [4.78, 5) is 25.8. The fraction of sp³-hybridized carbons (Fsp3) is 0.682. The number of nitrogens with zero attached hydrogens (tertiary/aromatic N) is 4. The van der Waals surface area contributed by atoms with E-state index in [-0.39, 0.29) is 11.9 Å². The van der Waals surface area contributed by atoms with Gasteiger partial charge in [0.15, 0.2) is 5.96 Å². The molecule has 160 valence electrons. The van der Waals surface area contributed by atoms with Gasteiger partial charge in [0, 0.05) is 38.9 Å². The zero-order valence-electron chi connectivity index (χ0n) is 18.1. The normalized spacial score (nSPS) is 19.3. The Morgan fingerprint density at radius 1 is 1.21 bits per heavy atom. The van der Waals surface area contributed by atoms with Crippen LogP contribution in [0.25, 0.3) is 0 Å². The first kappa shape index (κ1) is 21.4. The molecule has 7 heteroatoms. The Morgan fingerprint density at radius 3 is 2.52 bits per heavy atom. The van der Waals surface area contributed by atoms with E-state index in [1.54, 1.807) is 0 Å². The van der Waals surface area contributed by atoms with Crippen LogP contribution >= 0.6 is 0 Å². The number of anilines is 1. The maximum absolute atomic E-state index is 11.7. The zero-order valence-corrected chi connectivity index (χ0v) is 18.1. The molecule has 3 rings (SSSR count). The first-order chi connectivity index (χ1) is 14.1. The van der Waals surface area contributed by atoms with Crippen LogP contribution in [0.4, 0.5) is 5.82 Å². The predicted molar refractivity (Wildman–Crippen MR) is 116 cm³/mol. The number of guanidine groups is 1. The first-order valence-electron chi connectivity index (χ1n) is 10.9. The number of esters is 1. The molecule has 0 spiro atoms. The molecular formula is C22H35N5O2. The van der Waals surface area contributed by atoms with Crippen molar-refractivity contribution in [2.45, 2.75) is 46.1 Å². The molecule has 1 aromatic heterocycles. The Hall–Kier alpha value is -2.31. The van der Waals surface area contributed by atoms with Gasteiger partial charge in [-0.3, -0.25) is 4.79 Å². The van der Waals surface area contributed by atoms with Gasteiger partial charge in [-0.2, -0.15) is 0 Å². The van der Waals surface area contributed by atoms with Crippen molar-refractivity contribution in [2.75, 3.05) is 44.7 Å². The van der Waals surface area contributed by atoms with Gasteiger partial charge in [0.2, 0.25) is 0 Å². The SMILES string of the molecule is CCNC(=NCc1ccc(N2CCC(C)CC2)nc1)N1CCC(C(=O)OC)CC1. The smallest absolute Gasteiger partial charge is 0.308 e. The number of hydrogen-bond donors (Lipinski definition) is 1. The second-order valence-corrected chi connectivity index (χ2v) is 8.15. The van der Waals surface area contributed by atoms with Crippen LogP contribution in [0, 0.1) is 11.8 Å². The summed E-state index contributed by atoms with van der Waals surface area (Å²) in [5.41, 5.74) is 1.11. The van der Waals surface area contributed by atoms with E-state index in [1.165, 1.54) is 20.0 Å². The maximum atomic E-state index is 11.7. The Morgan fingerprint density at radius 2 is 1.93 bits per heavy atom. The van der Waals surface area contributed by atoms with E-state index in [9.17, 15) is 4.79 Å². The van der Waals surface area contributed by atoms with Crippen LogP contribution in [0.15, 0.2) is 23.3 Å². The number of carbonyl (C=O) groups is 1. The van der Waals surface area contributed by atoms with Crippen molar-refractivity contribution in [3.63, 3.8) is 0 Å². The molecule has 0 aromatic carbocycles. The molecule has 1 aromatic rings. The average molecular weight is 402 g/mol. The molecule has 2 fully saturated rings. The standard InChI is InChI=1S/C22H35N5O2/c1-4-23-22(27-13-9-19(10-14-27)21(28)29-3)25-16-18-5-6-20(24-15-18)26-11-7-17(2)8-12-26/h5-6,15,17,19H,4,7-14,16H2,1-3H3,(H,23,25). The second-order valence-electron chi connectivity index (χ2n) is 8.15. The fourth-order valence-electron chi connectivity index (χ4n) is 4.02. The molecule has 0 amide bonds. The molecule has 1 N–H and O–H groups in total. The molecule has 0 radical (unpaired) electrons. The quantitative estimate of drug-likeness (QED) is 0.465. The van der Waals surface area contributed by atoms with E-state index in [4.69, 9.17) is 9.73 Å². The number of rotatable bonds is 5. The maximum Gasteiger partial charge on any atom is 0.308 e. The van der Waals surface area contributed by atoms with Crippen molar-refractivity contribution in [3.05, 3.63) is 23.9 Å². The van der Waals surface area contributed by atoms with Crippen LogP contribution in [0.3, 0.4) is 0 Å². The Bertz CT molecular complexity index is 675. The summed E-state index contributed by atoms with van der Waals surface area (Å²) in [6, 6.07) is 4.26. The number of pyridine rings is 1. The van der Waals surface area contributed by atoms with Gasteiger partial charge in [-0.05, 0) is 50.2 Å². The monoisotopic (exact) mass is 401 g/mol. The highest BCUT2D eigenvalue weighted by molar-refractivity contribution is 5.80. The minimum absolute atomic E-state index is 0.00801. The molecule has 0 unspecified atom stereocenters. The highest BCUT2D eigenvalue weighted by Crippen LogP contribution is 2.22. The molecular weight excluding hydrogens is 366 g/mol. The van der Waals surface area contributed by atoms with E-state index < -0.39 is 0 Å². The van der Waals surface area contributed by atoms with Gasteiger partial charge in [0.25, 0.3) is 0 Å². The van der Waals surface area contributed by atoms with Gasteiger partial charge < -0.3 is 19.9 Å². The third-order valence-corrected chi connectivity index (χ3v) is 5.99. The van der Waals surface area contributed by atoms with Gasteiger partial charge in [-0.1, -0.05) is 13.0 Å². The van der Waals surface area contributed by atoms with Crippen LogP contribution in [0.1, 0.15) is 45.1 Å². The Balaban J connectivity index is 1.56. The van der Waals surface area contributed by atoms with Gasteiger partial charge in [-0.25, -0.2) is 9.98 Å². The fourth-order valence-corrected chi connectivity index (χ4v) is 4.02. The molecule has 0 atom stereocenters. The van der Waals surface area contributed by atoms with Crippen molar-refractivity contribution >= 4 is 17.7 Å². The Labute approximate surface area is 174 Å². The van der Waals surface area contributed by atoms with E-state index in [0.717, 1.165) is 68.8 Å². The molecule has 0 saturated carbocycles. The van der Waals surface area contributed by atoms with Gasteiger partial charge in [0.1, 0.15) is 5.82 Å². The molecule has 0 bridgehead atoms. The first-order valence-corrected chi connectivity index (χ1v) is 10.9. The lowest BCUT2D eigenvalue weighted by Gasteiger charge is -2.33. The molecule has 2 saturated heterocycles. The van der Waals surface area contributed by atoms with Crippen molar-refractivity contribution in [1.82, 2.24) is 15.2 Å². The molecule has 29 heavy (non-hydrogen) atoms. The number of aromatic nitrogens is 1. The van der Waals surface area contributed by atoms with Crippen LogP contribution in [-0.4, -0.2) is 61.6 Å². The highest BCUT2D eigenvalue weighted by atomic mass is 16.5. The van der Waals surface area contributed by atoms with Crippen LogP contribution in [0.2, 0.25) is 0 Å².